The molecule has 1 amide bonds. The summed E-state index contributed by atoms with van der Waals surface area (Å²) in [5, 5.41) is 5.62. The Morgan fingerprint density at radius 3 is 2.64 bits per heavy atom. The molecule has 0 saturated heterocycles. The van der Waals surface area contributed by atoms with E-state index >= 15 is 0 Å². The van der Waals surface area contributed by atoms with E-state index < -0.39 is 0 Å². The number of carbonyl (C=O) groups excluding carboxylic acids is 1. The first kappa shape index (κ1) is 17.3. The minimum absolute atomic E-state index is 0.179. The summed E-state index contributed by atoms with van der Waals surface area (Å²) in [6.07, 6.45) is 0. The molecule has 25 heavy (non-hydrogen) atoms. The van der Waals surface area contributed by atoms with E-state index in [0.29, 0.717) is 22.2 Å². The molecule has 7 heteroatoms. The largest absolute Gasteiger partial charge is 0.335 e. The number of benzene rings is 1. The summed E-state index contributed by atoms with van der Waals surface area (Å²) < 4.78 is 13.3. The van der Waals surface area contributed by atoms with Crippen molar-refractivity contribution in [1.82, 2.24) is 15.3 Å². The smallest absolute Gasteiger partial charge is 0.239 e. The zero-order chi connectivity index (χ0) is 17.8. The fraction of sp³-hybridized carbons (Fsp3) is 0.222. The highest BCUT2D eigenvalue weighted by molar-refractivity contribution is 7.13. The van der Waals surface area contributed by atoms with Crippen molar-refractivity contribution < 1.29 is 9.18 Å². The highest BCUT2D eigenvalue weighted by Gasteiger charge is 2.17. The number of halogens is 1. The molecule has 0 saturated carbocycles. The molecule has 3 N–H and O–H groups in total. The number of aromatic nitrogens is 2. The third-order valence-corrected chi connectivity index (χ3v) is 4.38. The van der Waals surface area contributed by atoms with Gasteiger partial charge in [0.05, 0.1) is 17.1 Å². The van der Waals surface area contributed by atoms with Crippen molar-refractivity contribution >= 4 is 23.1 Å². The van der Waals surface area contributed by atoms with Crippen LogP contribution in [0.4, 0.5) is 10.2 Å². The molecule has 0 bridgehead atoms. The number of nitrogens with one attached hydrogen (secondary N) is 3. The van der Waals surface area contributed by atoms with E-state index in [1.165, 1.54) is 6.07 Å². The van der Waals surface area contributed by atoms with Gasteiger partial charge in [0.1, 0.15) is 0 Å². The molecule has 1 aromatic carbocycles. The molecule has 0 spiro atoms. The SMILES string of the molecule is CC(C)NCC(=O)Nc1nc(-c2ccc(F)s2)[nH]c1-c1ccccc1. The fourth-order valence-electron chi connectivity index (χ4n) is 2.31. The molecule has 0 fully saturated rings. The normalized spacial score (nSPS) is 11.0. The van der Waals surface area contributed by atoms with Crippen LogP contribution in [0, 0.1) is 5.13 Å². The molecule has 3 aromatic rings. The lowest BCUT2D eigenvalue weighted by atomic mass is 10.1. The molecule has 0 aliphatic rings. The van der Waals surface area contributed by atoms with Crippen LogP contribution in [-0.4, -0.2) is 28.5 Å². The summed E-state index contributed by atoms with van der Waals surface area (Å²) in [5.41, 5.74) is 1.59. The van der Waals surface area contributed by atoms with Crippen LogP contribution >= 0.6 is 11.3 Å². The maximum absolute atomic E-state index is 13.3. The highest BCUT2D eigenvalue weighted by Crippen LogP contribution is 2.32. The van der Waals surface area contributed by atoms with Gasteiger partial charge in [0.2, 0.25) is 5.91 Å². The number of imidazole rings is 1. The quantitative estimate of drug-likeness (QED) is 0.626. The topological polar surface area (TPSA) is 69.8 Å². The van der Waals surface area contributed by atoms with Gasteiger partial charge in [-0.15, -0.1) is 11.3 Å². The van der Waals surface area contributed by atoms with Crippen molar-refractivity contribution in [2.45, 2.75) is 19.9 Å². The third-order valence-electron chi connectivity index (χ3n) is 3.50. The number of aromatic amines is 1. The first-order chi connectivity index (χ1) is 12.0. The van der Waals surface area contributed by atoms with Crippen LogP contribution < -0.4 is 10.6 Å². The standard InChI is InChI=1S/C18H19FN4OS/c1-11(2)20-10-15(24)21-18-16(12-6-4-3-5-7-12)22-17(23-18)13-8-9-14(19)25-13/h3-9,11,20H,10H2,1-2H3,(H,21,24)(H,22,23). The summed E-state index contributed by atoms with van der Waals surface area (Å²) >= 11 is 1.01. The molecule has 130 valence electrons. The number of hydrogen-bond donors (Lipinski definition) is 3. The number of anilines is 1. The fourth-order valence-corrected chi connectivity index (χ4v) is 2.98. The number of H-pyrrole nitrogens is 1. The van der Waals surface area contributed by atoms with Gasteiger partial charge in [0.15, 0.2) is 16.8 Å². The van der Waals surface area contributed by atoms with Crippen LogP contribution in [-0.2, 0) is 4.79 Å². The molecule has 0 aliphatic heterocycles. The second kappa shape index (κ2) is 7.58. The second-order valence-corrected chi connectivity index (χ2v) is 6.90. The van der Waals surface area contributed by atoms with E-state index in [0.717, 1.165) is 16.9 Å². The van der Waals surface area contributed by atoms with E-state index in [4.69, 9.17) is 0 Å². The van der Waals surface area contributed by atoms with Gasteiger partial charge in [-0.2, -0.15) is 4.39 Å². The maximum atomic E-state index is 13.3. The summed E-state index contributed by atoms with van der Waals surface area (Å²) in [6.45, 7) is 4.14. The summed E-state index contributed by atoms with van der Waals surface area (Å²) in [7, 11) is 0. The van der Waals surface area contributed by atoms with Gasteiger partial charge in [-0.05, 0) is 12.1 Å². The van der Waals surface area contributed by atoms with Gasteiger partial charge in [0.25, 0.3) is 0 Å². The van der Waals surface area contributed by atoms with Gasteiger partial charge < -0.3 is 15.6 Å². The predicted molar refractivity (Wildman–Crippen MR) is 99.1 cm³/mol. The molecule has 2 aromatic heterocycles. The first-order valence-electron chi connectivity index (χ1n) is 7.97. The third kappa shape index (κ3) is 4.32. The maximum Gasteiger partial charge on any atom is 0.239 e. The lowest BCUT2D eigenvalue weighted by Crippen LogP contribution is -2.32. The van der Waals surface area contributed by atoms with Gasteiger partial charge in [-0.1, -0.05) is 44.2 Å². The molecule has 0 atom stereocenters. The zero-order valence-electron chi connectivity index (χ0n) is 14.0. The Labute approximate surface area is 149 Å². The van der Waals surface area contributed by atoms with Crippen molar-refractivity contribution in [2.24, 2.45) is 0 Å². The Morgan fingerprint density at radius 1 is 1.24 bits per heavy atom. The minimum atomic E-state index is -0.278. The minimum Gasteiger partial charge on any atom is -0.335 e. The Balaban J connectivity index is 1.92. The number of rotatable bonds is 6. The van der Waals surface area contributed by atoms with E-state index in [9.17, 15) is 9.18 Å². The van der Waals surface area contributed by atoms with E-state index in [1.54, 1.807) is 6.07 Å². The van der Waals surface area contributed by atoms with Crippen LogP contribution in [0.1, 0.15) is 13.8 Å². The molecule has 0 aliphatic carbocycles. The average molecular weight is 358 g/mol. The first-order valence-corrected chi connectivity index (χ1v) is 8.79. The van der Waals surface area contributed by atoms with Crippen molar-refractivity contribution in [3.63, 3.8) is 0 Å². The van der Waals surface area contributed by atoms with E-state index in [-0.39, 0.29) is 23.6 Å². The second-order valence-electron chi connectivity index (χ2n) is 5.86. The monoisotopic (exact) mass is 358 g/mol. The van der Waals surface area contributed by atoms with Gasteiger partial charge >= 0.3 is 0 Å². The lowest BCUT2D eigenvalue weighted by molar-refractivity contribution is -0.115. The van der Waals surface area contributed by atoms with Gasteiger partial charge in [0, 0.05) is 11.6 Å². The van der Waals surface area contributed by atoms with Crippen molar-refractivity contribution in [2.75, 3.05) is 11.9 Å². The van der Waals surface area contributed by atoms with Gasteiger partial charge in [-0.3, -0.25) is 4.79 Å². The Hall–Kier alpha value is -2.51. The van der Waals surface area contributed by atoms with Gasteiger partial charge in [-0.25, -0.2) is 4.98 Å². The average Bonchev–Trinajstić information content (AvgIpc) is 3.20. The molecule has 5 nitrogen and oxygen atoms in total. The van der Waals surface area contributed by atoms with E-state index in [1.807, 2.05) is 44.2 Å². The number of nitrogens with zero attached hydrogens (tertiary/aromatic N) is 1. The Kier molecular flexibility index (Phi) is 5.25. The molecule has 0 unspecified atom stereocenters. The molecule has 0 radical (unpaired) electrons. The summed E-state index contributed by atoms with van der Waals surface area (Å²) in [4.78, 5) is 20.5. The number of carbonyl (C=O) groups is 1. The van der Waals surface area contributed by atoms with Crippen molar-refractivity contribution in [3.05, 3.63) is 47.6 Å². The Morgan fingerprint density at radius 2 is 2.00 bits per heavy atom. The Bertz CT molecular complexity index is 857. The van der Waals surface area contributed by atoms with Crippen molar-refractivity contribution in [3.8, 4) is 22.0 Å². The molecular weight excluding hydrogens is 339 g/mol. The molecule has 2 heterocycles. The van der Waals surface area contributed by atoms with Crippen LogP contribution in [0.15, 0.2) is 42.5 Å². The van der Waals surface area contributed by atoms with Crippen LogP contribution in [0.3, 0.4) is 0 Å². The molecule has 3 rings (SSSR count). The van der Waals surface area contributed by atoms with Crippen molar-refractivity contribution in [1.29, 1.82) is 0 Å². The molecular formula is C18H19FN4OS. The summed E-state index contributed by atoms with van der Waals surface area (Å²) in [5.74, 6) is 0.784. The number of hydrogen-bond acceptors (Lipinski definition) is 4. The van der Waals surface area contributed by atoms with Crippen LogP contribution in [0.2, 0.25) is 0 Å². The number of amides is 1. The zero-order valence-corrected chi connectivity index (χ0v) is 14.8. The highest BCUT2D eigenvalue weighted by atomic mass is 32.1. The number of thiophene rings is 1. The van der Waals surface area contributed by atoms with Crippen LogP contribution in [0.5, 0.6) is 0 Å². The van der Waals surface area contributed by atoms with Crippen LogP contribution in [0.25, 0.3) is 22.0 Å². The van der Waals surface area contributed by atoms with E-state index in [2.05, 4.69) is 20.6 Å². The predicted octanol–water partition coefficient (Wildman–Crippen LogP) is 3.88. The summed E-state index contributed by atoms with van der Waals surface area (Å²) in [6, 6.07) is 12.9. The lowest BCUT2D eigenvalue weighted by Gasteiger charge is -2.08.